The van der Waals surface area contributed by atoms with Crippen molar-refractivity contribution in [2.45, 2.75) is 167 Å². The maximum atomic E-state index is 12.7. The number of hydrogen-bond acceptors (Lipinski definition) is 11. The van der Waals surface area contributed by atoms with Crippen molar-refractivity contribution in [3.63, 3.8) is 0 Å². The Morgan fingerprint density at radius 3 is 1.66 bits per heavy atom. The van der Waals surface area contributed by atoms with Gasteiger partial charge in [0.05, 0.1) is 25.9 Å². The molecule has 0 saturated carbocycles. The van der Waals surface area contributed by atoms with E-state index < -0.39 is 72.3 Å². The molecule has 16 heteroatoms. The summed E-state index contributed by atoms with van der Waals surface area (Å²) in [6.45, 7) is 3.71. The van der Waals surface area contributed by atoms with Crippen LogP contribution in [-0.2, 0) is 41.8 Å². The Morgan fingerprint density at radius 2 is 1.08 bits per heavy atom. The zero-order chi connectivity index (χ0) is 44.0. The monoisotopic (exact) mass is 878 g/mol. The number of hydrogen-bond donors (Lipinski definition) is 5. The number of phosphoric ester groups is 2. The number of aliphatic hydroxyl groups is 2. The molecule has 5 N–H and O–H groups in total. The van der Waals surface area contributed by atoms with E-state index in [0.29, 0.717) is 19.3 Å². The SMILES string of the molecule is CC/C=C\C/C=C\C/C=C\C/C=C\C=C\C(O)CCCC(=O)OC[C@H](COP(=O)(O)OC[C@@H](O)COP(=O)(O)O)OC(=O)CCCCCCCCCCCCCC(C)C. The van der Waals surface area contributed by atoms with E-state index >= 15 is 0 Å². The van der Waals surface area contributed by atoms with Gasteiger partial charge in [-0.3, -0.25) is 23.2 Å². The summed E-state index contributed by atoms with van der Waals surface area (Å²) in [5.41, 5.74) is 0. The number of esters is 2. The zero-order valence-corrected chi connectivity index (χ0v) is 37.6. The van der Waals surface area contributed by atoms with Gasteiger partial charge in [0.1, 0.15) is 12.7 Å². The lowest BCUT2D eigenvalue weighted by Gasteiger charge is -2.20. The van der Waals surface area contributed by atoms with Crippen molar-refractivity contribution < 1.29 is 66.7 Å². The predicted molar refractivity (Wildman–Crippen MR) is 231 cm³/mol. The fourth-order valence-electron chi connectivity index (χ4n) is 5.44. The van der Waals surface area contributed by atoms with Crippen molar-refractivity contribution >= 4 is 27.6 Å². The minimum absolute atomic E-state index is 0.0368. The summed E-state index contributed by atoms with van der Waals surface area (Å²) in [6, 6.07) is 0. The Bertz CT molecular complexity index is 1310. The number of aliphatic hydroxyl groups excluding tert-OH is 2. The molecule has 0 aromatic heterocycles. The quantitative estimate of drug-likeness (QED) is 0.0128. The molecule has 0 aromatic rings. The Hall–Kier alpha value is -2.22. The summed E-state index contributed by atoms with van der Waals surface area (Å²) in [5, 5.41) is 20.0. The summed E-state index contributed by atoms with van der Waals surface area (Å²) in [6.07, 6.45) is 34.0. The Labute approximate surface area is 354 Å². The van der Waals surface area contributed by atoms with Gasteiger partial charge in [0.2, 0.25) is 0 Å². The van der Waals surface area contributed by atoms with Crippen molar-refractivity contribution in [3.8, 4) is 0 Å². The Balaban J connectivity index is 4.72. The third-order valence-electron chi connectivity index (χ3n) is 8.69. The molecule has 0 spiro atoms. The van der Waals surface area contributed by atoms with Gasteiger partial charge >= 0.3 is 27.6 Å². The van der Waals surface area contributed by atoms with Crippen LogP contribution in [0.25, 0.3) is 0 Å². The highest BCUT2D eigenvalue weighted by atomic mass is 31.2. The first-order valence-electron chi connectivity index (χ1n) is 21.4. The van der Waals surface area contributed by atoms with Gasteiger partial charge in [-0.1, -0.05) is 152 Å². The van der Waals surface area contributed by atoms with E-state index in [2.05, 4.69) is 66.3 Å². The number of allylic oxidation sites excluding steroid dienone is 9. The van der Waals surface area contributed by atoms with Crippen molar-refractivity contribution in [1.29, 1.82) is 0 Å². The van der Waals surface area contributed by atoms with Gasteiger partial charge in [-0.2, -0.15) is 0 Å². The lowest BCUT2D eigenvalue weighted by Crippen LogP contribution is -2.30. The van der Waals surface area contributed by atoms with Crippen LogP contribution in [0.1, 0.15) is 149 Å². The van der Waals surface area contributed by atoms with E-state index in [4.69, 9.17) is 23.8 Å². The van der Waals surface area contributed by atoms with Gasteiger partial charge in [-0.05, 0) is 50.9 Å². The fourth-order valence-corrected chi connectivity index (χ4v) is 6.60. The third-order valence-corrected chi connectivity index (χ3v) is 10.1. The van der Waals surface area contributed by atoms with Crippen LogP contribution >= 0.6 is 15.6 Å². The normalized spacial score (nSPS) is 15.3. The number of carbonyl (C=O) groups excluding carboxylic acids is 2. The number of rotatable bonds is 39. The standard InChI is InChI=1S/C43H76O14P2/c1-4-5-6-7-8-9-10-11-14-17-20-23-26-30-39(44)31-28-33-42(46)53-36-41(37-56-59(51,52)55-35-40(45)34-54-58(48,49)50)57-43(47)32-27-24-21-18-15-12-13-16-19-22-25-29-38(2)3/h5-6,8-9,11,14,20,23,26,30,38-41,44-45H,4,7,10,12-13,15-19,21-22,24-25,27-29,31-37H2,1-3H3,(H,51,52)(H2,48,49,50)/b6-5-,9-8-,14-11-,23-20-,30-26+/t39?,40-,41+/m0/s1. The maximum Gasteiger partial charge on any atom is 0.472 e. The molecule has 0 fully saturated rings. The molecular formula is C43H76O14P2. The molecule has 0 bridgehead atoms. The van der Waals surface area contributed by atoms with Crippen LogP contribution in [0.5, 0.6) is 0 Å². The fraction of sp³-hybridized carbons (Fsp3) is 0.721. The molecule has 4 atom stereocenters. The first-order valence-corrected chi connectivity index (χ1v) is 24.5. The van der Waals surface area contributed by atoms with Crippen LogP contribution in [0.2, 0.25) is 0 Å². The molecule has 59 heavy (non-hydrogen) atoms. The minimum atomic E-state index is -4.88. The van der Waals surface area contributed by atoms with Gasteiger partial charge in [-0.25, -0.2) is 9.13 Å². The van der Waals surface area contributed by atoms with E-state index in [-0.39, 0.29) is 12.8 Å². The summed E-state index contributed by atoms with van der Waals surface area (Å²) in [5.74, 6) is -0.469. The molecular weight excluding hydrogens is 802 g/mol. The lowest BCUT2D eigenvalue weighted by molar-refractivity contribution is -0.161. The number of phosphoric acid groups is 2. The number of ether oxygens (including phenoxy) is 2. The van der Waals surface area contributed by atoms with Crippen LogP contribution in [-0.4, -0.2) is 81.6 Å². The summed E-state index contributed by atoms with van der Waals surface area (Å²) in [7, 11) is -9.73. The van der Waals surface area contributed by atoms with Gasteiger partial charge < -0.3 is 34.4 Å². The maximum absolute atomic E-state index is 12.7. The zero-order valence-electron chi connectivity index (χ0n) is 35.9. The average molecular weight is 879 g/mol. The second-order valence-electron chi connectivity index (χ2n) is 14.9. The molecule has 342 valence electrons. The van der Waals surface area contributed by atoms with Crippen molar-refractivity contribution in [1.82, 2.24) is 0 Å². The molecule has 0 aliphatic carbocycles. The summed E-state index contributed by atoms with van der Waals surface area (Å²) >= 11 is 0. The number of unbranched alkanes of at least 4 members (excludes halogenated alkanes) is 10. The lowest BCUT2D eigenvalue weighted by atomic mass is 10.0. The van der Waals surface area contributed by atoms with Crippen LogP contribution in [0.4, 0.5) is 0 Å². The van der Waals surface area contributed by atoms with Gasteiger partial charge in [-0.15, -0.1) is 0 Å². The minimum Gasteiger partial charge on any atom is -0.462 e. The molecule has 0 saturated heterocycles. The summed E-state index contributed by atoms with van der Waals surface area (Å²) < 4.78 is 47.6. The highest BCUT2D eigenvalue weighted by molar-refractivity contribution is 7.47. The second-order valence-corrected chi connectivity index (χ2v) is 17.6. The molecule has 0 radical (unpaired) electrons. The van der Waals surface area contributed by atoms with Crippen molar-refractivity contribution in [2.24, 2.45) is 5.92 Å². The molecule has 0 amide bonds. The van der Waals surface area contributed by atoms with Crippen molar-refractivity contribution in [3.05, 3.63) is 60.8 Å². The Morgan fingerprint density at radius 1 is 0.576 bits per heavy atom. The van der Waals surface area contributed by atoms with Gasteiger partial charge in [0.15, 0.2) is 6.10 Å². The second kappa shape index (κ2) is 37.5. The molecule has 2 unspecified atom stereocenters. The third kappa shape index (κ3) is 42.3. The highest BCUT2D eigenvalue weighted by Crippen LogP contribution is 2.43. The van der Waals surface area contributed by atoms with Gasteiger partial charge in [0.25, 0.3) is 0 Å². The first kappa shape index (κ1) is 56.8. The highest BCUT2D eigenvalue weighted by Gasteiger charge is 2.28. The summed E-state index contributed by atoms with van der Waals surface area (Å²) in [4.78, 5) is 52.7. The average Bonchev–Trinajstić information content (AvgIpc) is 3.17. The molecule has 0 aliphatic rings. The predicted octanol–water partition coefficient (Wildman–Crippen LogP) is 9.67. The Kier molecular flexibility index (Phi) is 36.1. The van der Waals surface area contributed by atoms with E-state index in [1.807, 2.05) is 12.2 Å². The van der Waals surface area contributed by atoms with Crippen LogP contribution in [0, 0.1) is 5.92 Å². The van der Waals surface area contributed by atoms with Crippen molar-refractivity contribution in [2.75, 3.05) is 26.4 Å². The number of carbonyl (C=O) groups is 2. The van der Waals surface area contributed by atoms with Crippen LogP contribution < -0.4 is 0 Å². The molecule has 0 rings (SSSR count). The van der Waals surface area contributed by atoms with Crippen LogP contribution in [0.3, 0.4) is 0 Å². The topological polar surface area (TPSA) is 216 Å². The van der Waals surface area contributed by atoms with E-state index in [1.54, 1.807) is 12.2 Å². The molecule has 0 aromatic carbocycles. The van der Waals surface area contributed by atoms with E-state index in [0.717, 1.165) is 57.3 Å². The molecule has 14 nitrogen and oxygen atoms in total. The molecule has 0 aliphatic heterocycles. The van der Waals surface area contributed by atoms with E-state index in [1.165, 1.54) is 44.9 Å². The smallest absolute Gasteiger partial charge is 0.462 e. The molecule has 0 heterocycles. The first-order chi connectivity index (χ1) is 28.1. The largest absolute Gasteiger partial charge is 0.472 e. The van der Waals surface area contributed by atoms with E-state index in [9.17, 15) is 33.8 Å². The van der Waals surface area contributed by atoms with Crippen LogP contribution in [0.15, 0.2) is 60.8 Å². The van der Waals surface area contributed by atoms with Gasteiger partial charge in [0, 0.05) is 12.8 Å².